The van der Waals surface area contributed by atoms with Gasteiger partial charge in [0, 0.05) is 19.3 Å². The van der Waals surface area contributed by atoms with Crippen molar-refractivity contribution >= 4 is 27.5 Å². The van der Waals surface area contributed by atoms with E-state index >= 15 is 0 Å². The highest BCUT2D eigenvalue weighted by Gasteiger charge is 2.11. The lowest BCUT2D eigenvalue weighted by atomic mass is 10.1. The van der Waals surface area contributed by atoms with Gasteiger partial charge in [0.1, 0.15) is 6.54 Å². The van der Waals surface area contributed by atoms with Gasteiger partial charge in [0.2, 0.25) is 0 Å². The van der Waals surface area contributed by atoms with Crippen LogP contribution in [0, 0.1) is 27.7 Å². The van der Waals surface area contributed by atoms with E-state index in [1.54, 1.807) is 11.8 Å². The van der Waals surface area contributed by atoms with Crippen molar-refractivity contribution in [3.05, 3.63) is 45.5 Å². The number of hydrogen-bond donors (Lipinski definition) is 0. The van der Waals surface area contributed by atoms with E-state index in [9.17, 15) is 4.79 Å². The lowest BCUT2D eigenvalue weighted by Gasteiger charge is -2.06. The van der Waals surface area contributed by atoms with E-state index in [2.05, 4.69) is 40.6 Å². The highest BCUT2D eigenvalue weighted by molar-refractivity contribution is 7.16. The largest absolute Gasteiger partial charge is 0.383 e. The Hall–Kier alpha value is -2.25. The molecule has 0 N–H and O–H groups in total. The number of hydrogen-bond acceptors (Lipinski definition) is 4. The maximum atomic E-state index is 12.5. The number of ether oxygens (including phenoxy) is 1. The molecule has 0 saturated heterocycles. The molecular formula is C19H24N4O2S. The summed E-state index contributed by atoms with van der Waals surface area (Å²) in [6.07, 6.45) is 0. The molecule has 3 rings (SSSR count). The molecular weight excluding hydrogens is 348 g/mol. The Morgan fingerprint density at radius 2 is 1.92 bits per heavy atom. The summed E-state index contributed by atoms with van der Waals surface area (Å²) in [5, 5.41) is 4.34. The molecule has 26 heavy (non-hydrogen) atoms. The van der Waals surface area contributed by atoms with Crippen LogP contribution in [0.4, 0.5) is 0 Å². The molecule has 0 radical (unpaired) electrons. The Morgan fingerprint density at radius 3 is 2.58 bits per heavy atom. The van der Waals surface area contributed by atoms with Crippen molar-refractivity contribution in [1.29, 1.82) is 0 Å². The highest BCUT2D eigenvalue weighted by Crippen LogP contribution is 2.22. The predicted molar refractivity (Wildman–Crippen MR) is 103 cm³/mol. The lowest BCUT2D eigenvalue weighted by Crippen LogP contribution is -2.21. The predicted octanol–water partition coefficient (Wildman–Crippen LogP) is 2.91. The molecule has 1 amide bonds. The van der Waals surface area contributed by atoms with Crippen LogP contribution >= 0.6 is 11.3 Å². The molecule has 3 aromatic rings. The highest BCUT2D eigenvalue weighted by atomic mass is 32.1. The van der Waals surface area contributed by atoms with Gasteiger partial charge in [-0.15, -0.1) is 0 Å². The number of aryl methyl sites for hydroxylation is 4. The second kappa shape index (κ2) is 7.55. The van der Waals surface area contributed by atoms with Crippen molar-refractivity contribution < 1.29 is 9.53 Å². The maximum Gasteiger partial charge on any atom is 0.270 e. The number of fused-ring (bicyclic) bond motifs is 1. The summed E-state index contributed by atoms with van der Waals surface area (Å²) in [5.41, 5.74) is 5.41. The third kappa shape index (κ3) is 3.78. The third-order valence-corrected chi connectivity index (χ3v) is 5.47. The number of benzene rings is 1. The molecule has 0 bridgehead atoms. The van der Waals surface area contributed by atoms with Crippen LogP contribution in [0.15, 0.2) is 23.2 Å². The Morgan fingerprint density at radius 1 is 1.19 bits per heavy atom. The Bertz CT molecular complexity index is 1030. The van der Waals surface area contributed by atoms with Gasteiger partial charge in [-0.1, -0.05) is 11.3 Å². The van der Waals surface area contributed by atoms with Crippen molar-refractivity contribution in [3.63, 3.8) is 0 Å². The van der Waals surface area contributed by atoms with Gasteiger partial charge in [0.15, 0.2) is 4.80 Å². The molecule has 0 aliphatic heterocycles. The number of methoxy groups -OCH3 is 1. The number of amides is 1. The van der Waals surface area contributed by atoms with Gasteiger partial charge in [-0.3, -0.25) is 9.48 Å². The molecule has 0 atom stereocenters. The Balaban J connectivity index is 2.02. The SMILES string of the molecule is COCCn1c(=NC(=O)Cn2nc(C)cc2C)sc2cc(C)c(C)cc21. The van der Waals surface area contributed by atoms with E-state index in [-0.39, 0.29) is 12.5 Å². The summed E-state index contributed by atoms with van der Waals surface area (Å²) in [4.78, 5) is 17.6. The smallest absolute Gasteiger partial charge is 0.270 e. The molecule has 2 aromatic heterocycles. The van der Waals surface area contributed by atoms with Gasteiger partial charge in [0.25, 0.3) is 5.91 Å². The fourth-order valence-electron chi connectivity index (χ4n) is 2.91. The van der Waals surface area contributed by atoms with Gasteiger partial charge in [-0.25, -0.2) is 0 Å². The average molecular weight is 372 g/mol. The molecule has 0 saturated carbocycles. The summed E-state index contributed by atoms with van der Waals surface area (Å²) in [6, 6.07) is 6.27. The van der Waals surface area contributed by atoms with Gasteiger partial charge in [-0.05, 0) is 57.0 Å². The molecule has 2 heterocycles. The van der Waals surface area contributed by atoms with Gasteiger partial charge >= 0.3 is 0 Å². The molecule has 1 aromatic carbocycles. The Kier molecular flexibility index (Phi) is 5.38. The minimum atomic E-state index is -0.206. The Labute approximate surface area is 156 Å². The quantitative estimate of drug-likeness (QED) is 0.692. The molecule has 6 nitrogen and oxygen atoms in total. The van der Waals surface area contributed by atoms with Gasteiger partial charge in [0.05, 0.1) is 22.5 Å². The second-order valence-corrected chi connectivity index (χ2v) is 7.53. The van der Waals surface area contributed by atoms with Crippen molar-refractivity contribution in [2.24, 2.45) is 4.99 Å². The first-order valence-electron chi connectivity index (χ1n) is 8.57. The normalized spacial score (nSPS) is 12.3. The standard InChI is InChI=1S/C19H24N4O2S/c1-12-8-16-17(9-13(12)2)26-19(22(16)6-7-25-5)20-18(24)11-23-15(4)10-14(3)21-23/h8-10H,6-7,11H2,1-5H3. The van der Waals surface area contributed by atoms with Crippen LogP contribution in [0.2, 0.25) is 0 Å². The van der Waals surface area contributed by atoms with Crippen LogP contribution in [0.1, 0.15) is 22.5 Å². The lowest BCUT2D eigenvalue weighted by molar-refractivity contribution is -0.118. The van der Waals surface area contributed by atoms with Gasteiger partial charge < -0.3 is 9.30 Å². The summed E-state index contributed by atoms with van der Waals surface area (Å²) >= 11 is 1.54. The second-order valence-electron chi connectivity index (χ2n) is 6.52. The zero-order valence-corrected chi connectivity index (χ0v) is 16.7. The average Bonchev–Trinajstić information content (AvgIpc) is 3.05. The first-order chi connectivity index (χ1) is 12.4. The van der Waals surface area contributed by atoms with Crippen molar-refractivity contribution in [2.45, 2.75) is 40.8 Å². The van der Waals surface area contributed by atoms with Crippen LogP contribution in [0.5, 0.6) is 0 Å². The van der Waals surface area contributed by atoms with Crippen LogP contribution in [0.25, 0.3) is 10.2 Å². The van der Waals surface area contributed by atoms with Crippen LogP contribution < -0.4 is 4.80 Å². The number of nitrogens with zero attached hydrogens (tertiary/aromatic N) is 4. The number of thiazole rings is 1. The van der Waals surface area contributed by atoms with Gasteiger partial charge in [-0.2, -0.15) is 10.1 Å². The molecule has 0 spiro atoms. The van der Waals surface area contributed by atoms with Crippen LogP contribution in [0.3, 0.4) is 0 Å². The zero-order chi connectivity index (χ0) is 18.8. The molecule has 0 aliphatic carbocycles. The third-order valence-electron chi connectivity index (χ3n) is 4.43. The maximum absolute atomic E-state index is 12.5. The number of aromatic nitrogens is 3. The zero-order valence-electron chi connectivity index (χ0n) is 15.9. The van der Waals surface area contributed by atoms with Crippen LogP contribution in [-0.2, 0) is 22.6 Å². The van der Waals surface area contributed by atoms with E-state index in [1.165, 1.54) is 22.5 Å². The van der Waals surface area contributed by atoms with Crippen molar-refractivity contribution in [3.8, 4) is 0 Å². The van der Waals surface area contributed by atoms with Crippen molar-refractivity contribution in [1.82, 2.24) is 14.3 Å². The fraction of sp³-hybridized carbons (Fsp3) is 0.421. The molecule has 0 aliphatic rings. The minimum absolute atomic E-state index is 0.149. The number of carbonyl (C=O) groups is 1. The first-order valence-corrected chi connectivity index (χ1v) is 9.39. The number of rotatable bonds is 5. The minimum Gasteiger partial charge on any atom is -0.383 e. The summed E-state index contributed by atoms with van der Waals surface area (Å²) in [7, 11) is 1.68. The van der Waals surface area contributed by atoms with Crippen molar-refractivity contribution in [2.75, 3.05) is 13.7 Å². The number of carbonyl (C=O) groups excluding carboxylic acids is 1. The van der Waals surface area contributed by atoms with E-state index < -0.39 is 0 Å². The molecule has 0 fully saturated rings. The molecule has 7 heteroatoms. The first kappa shape index (κ1) is 18.5. The molecule has 138 valence electrons. The fourth-order valence-corrected chi connectivity index (χ4v) is 4.06. The summed E-state index contributed by atoms with van der Waals surface area (Å²) in [6.45, 7) is 9.42. The van der Waals surface area contributed by atoms with E-state index in [0.717, 1.165) is 21.6 Å². The summed E-state index contributed by atoms with van der Waals surface area (Å²) in [5.74, 6) is -0.206. The monoisotopic (exact) mass is 372 g/mol. The van der Waals surface area contributed by atoms with E-state index in [0.29, 0.717) is 18.0 Å². The van der Waals surface area contributed by atoms with E-state index in [1.807, 2.05) is 19.9 Å². The van der Waals surface area contributed by atoms with E-state index in [4.69, 9.17) is 4.74 Å². The summed E-state index contributed by atoms with van der Waals surface area (Å²) < 4.78 is 10.1. The topological polar surface area (TPSA) is 61.4 Å². The van der Waals surface area contributed by atoms with Crippen LogP contribution in [-0.4, -0.2) is 34.0 Å². The molecule has 0 unspecified atom stereocenters.